The molecule has 4 rings (SSSR count). The first-order chi connectivity index (χ1) is 16.6. The molecule has 0 radical (unpaired) electrons. The zero-order valence-corrected chi connectivity index (χ0v) is 19.3. The summed E-state index contributed by atoms with van der Waals surface area (Å²) in [4.78, 5) is 42.9. The van der Waals surface area contributed by atoms with E-state index >= 15 is 0 Å². The molecule has 1 saturated heterocycles. The summed E-state index contributed by atoms with van der Waals surface area (Å²) in [5.41, 5.74) is -1.39. The SMILES string of the molecule is Cn1c(=O)c2c(ncn2CCCC(=O)Nc2ccc(N3CCOCC3)cc2C(F)(F)F)n(C)c1=O. The minimum atomic E-state index is -4.64. The lowest BCUT2D eigenvalue weighted by atomic mass is 10.1. The van der Waals surface area contributed by atoms with E-state index in [9.17, 15) is 27.6 Å². The lowest BCUT2D eigenvalue weighted by Gasteiger charge is -2.29. The van der Waals surface area contributed by atoms with Crippen molar-refractivity contribution in [2.45, 2.75) is 25.6 Å². The molecule has 1 amide bonds. The van der Waals surface area contributed by atoms with Gasteiger partial charge < -0.3 is 19.5 Å². The van der Waals surface area contributed by atoms with Gasteiger partial charge in [-0.1, -0.05) is 0 Å². The van der Waals surface area contributed by atoms with E-state index in [2.05, 4.69) is 10.3 Å². The molecule has 35 heavy (non-hydrogen) atoms. The highest BCUT2D eigenvalue weighted by atomic mass is 19.4. The van der Waals surface area contributed by atoms with E-state index in [4.69, 9.17) is 4.74 Å². The Morgan fingerprint density at radius 3 is 2.54 bits per heavy atom. The number of alkyl halides is 3. The van der Waals surface area contributed by atoms with Crippen molar-refractivity contribution in [3.05, 3.63) is 50.9 Å². The summed E-state index contributed by atoms with van der Waals surface area (Å²) in [6, 6.07) is 3.85. The number of hydrogen-bond donors (Lipinski definition) is 1. The molecule has 1 fully saturated rings. The van der Waals surface area contributed by atoms with Crippen LogP contribution in [0, 0.1) is 0 Å². The number of nitrogens with one attached hydrogen (secondary N) is 1. The first-order valence-corrected chi connectivity index (χ1v) is 11.0. The molecule has 1 aliphatic heterocycles. The van der Waals surface area contributed by atoms with Crippen LogP contribution in [0.5, 0.6) is 0 Å². The molecule has 0 bridgehead atoms. The number of amides is 1. The second kappa shape index (κ2) is 9.56. The fourth-order valence-corrected chi connectivity index (χ4v) is 4.08. The van der Waals surface area contributed by atoms with Crippen molar-refractivity contribution in [1.29, 1.82) is 0 Å². The average Bonchev–Trinajstić information content (AvgIpc) is 3.25. The van der Waals surface area contributed by atoms with E-state index in [-0.39, 0.29) is 36.2 Å². The van der Waals surface area contributed by atoms with Crippen molar-refractivity contribution >= 4 is 28.4 Å². The molecule has 13 heteroatoms. The fourth-order valence-electron chi connectivity index (χ4n) is 4.08. The number of ether oxygens (including phenoxy) is 1. The molecule has 0 atom stereocenters. The number of nitrogens with zero attached hydrogens (tertiary/aromatic N) is 5. The number of benzene rings is 1. The minimum Gasteiger partial charge on any atom is -0.378 e. The second-order valence-electron chi connectivity index (χ2n) is 8.29. The van der Waals surface area contributed by atoms with E-state index in [0.717, 1.165) is 10.6 Å². The predicted octanol–water partition coefficient (Wildman–Crippen LogP) is 1.71. The van der Waals surface area contributed by atoms with E-state index < -0.39 is 28.9 Å². The Balaban J connectivity index is 1.45. The van der Waals surface area contributed by atoms with Gasteiger partial charge in [0.1, 0.15) is 0 Å². The van der Waals surface area contributed by atoms with Crippen molar-refractivity contribution in [1.82, 2.24) is 18.7 Å². The summed E-state index contributed by atoms with van der Waals surface area (Å²) < 4.78 is 50.1. The Hall–Kier alpha value is -3.61. The zero-order chi connectivity index (χ0) is 25.3. The van der Waals surface area contributed by atoms with Crippen LogP contribution in [0.15, 0.2) is 34.1 Å². The molecular weight excluding hydrogens is 469 g/mol. The van der Waals surface area contributed by atoms with Crippen molar-refractivity contribution in [2.24, 2.45) is 14.1 Å². The molecule has 1 N–H and O–H groups in total. The number of aromatic nitrogens is 4. The van der Waals surface area contributed by atoms with Gasteiger partial charge in [-0.2, -0.15) is 13.2 Å². The largest absolute Gasteiger partial charge is 0.418 e. The third-order valence-electron chi connectivity index (χ3n) is 5.98. The van der Waals surface area contributed by atoms with E-state index in [1.165, 1.54) is 35.6 Å². The lowest BCUT2D eigenvalue weighted by molar-refractivity contribution is -0.136. The monoisotopic (exact) mass is 494 g/mol. The lowest BCUT2D eigenvalue weighted by Crippen LogP contribution is -2.37. The van der Waals surface area contributed by atoms with E-state index in [0.29, 0.717) is 32.0 Å². The van der Waals surface area contributed by atoms with Crippen LogP contribution in [0.3, 0.4) is 0 Å². The molecule has 1 aromatic carbocycles. The average molecular weight is 494 g/mol. The van der Waals surface area contributed by atoms with Crippen LogP contribution in [0.2, 0.25) is 0 Å². The van der Waals surface area contributed by atoms with Gasteiger partial charge in [0.2, 0.25) is 5.91 Å². The van der Waals surface area contributed by atoms with Gasteiger partial charge in [0.25, 0.3) is 5.56 Å². The third-order valence-corrected chi connectivity index (χ3v) is 5.98. The fraction of sp³-hybridized carbons (Fsp3) is 0.455. The topological polar surface area (TPSA) is 103 Å². The summed E-state index contributed by atoms with van der Waals surface area (Å²) in [6.07, 6.45) is -3.07. The Morgan fingerprint density at radius 1 is 1.14 bits per heavy atom. The van der Waals surface area contributed by atoms with Gasteiger partial charge in [0.05, 0.1) is 30.8 Å². The maximum absolute atomic E-state index is 13.7. The number of carbonyl (C=O) groups excluding carboxylic acids is 1. The minimum absolute atomic E-state index is 0.0751. The maximum Gasteiger partial charge on any atom is 0.418 e. The number of rotatable bonds is 6. The van der Waals surface area contributed by atoms with Crippen LogP contribution in [0.4, 0.5) is 24.5 Å². The molecule has 10 nitrogen and oxygen atoms in total. The summed E-state index contributed by atoms with van der Waals surface area (Å²) in [5.74, 6) is -0.584. The van der Waals surface area contributed by atoms with Crippen molar-refractivity contribution in [3.8, 4) is 0 Å². The Labute approximate surface area is 197 Å². The van der Waals surface area contributed by atoms with Gasteiger partial charge in [-0.3, -0.25) is 18.7 Å². The molecule has 0 saturated carbocycles. The van der Waals surface area contributed by atoms with Gasteiger partial charge in [-0.25, -0.2) is 9.78 Å². The Bertz CT molecular complexity index is 1370. The van der Waals surface area contributed by atoms with E-state index in [1.54, 1.807) is 11.0 Å². The van der Waals surface area contributed by atoms with Gasteiger partial charge in [0, 0.05) is 45.8 Å². The van der Waals surface area contributed by atoms with Gasteiger partial charge in [-0.05, 0) is 24.6 Å². The molecule has 3 aromatic rings. The number of fused-ring (bicyclic) bond motifs is 1. The molecule has 0 spiro atoms. The van der Waals surface area contributed by atoms with Crippen LogP contribution < -0.4 is 21.5 Å². The van der Waals surface area contributed by atoms with Crippen molar-refractivity contribution < 1.29 is 22.7 Å². The molecule has 0 unspecified atom stereocenters. The van der Waals surface area contributed by atoms with Crippen LogP contribution in [0.1, 0.15) is 18.4 Å². The Morgan fingerprint density at radius 2 is 1.86 bits per heavy atom. The summed E-state index contributed by atoms with van der Waals surface area (Å²) in [7, 11) is 2.86. The van der Waals surface area contributed by atoms with Crippen LogP contribution >= 0.6 is 0 Å². The van der Waals surface area contributed by atoms with E-state index in [1.807, 2.05) is 0 Å². The van der Waals surface area contributed by atoms with Crippen LogP contribution in [0.25, 0.3) is 11.2 Å². The van der Waals surface area contributed by atoms with Crippen LogP contribution in [-0.4, -0.2) is 50.9 Å². The van der Waals surface area contributed by atoms with Crippen molar-refractivity contribution in [3.63, 3.8) is 0 Å². The quantitative estimate of drug-likeness (QED) is 0.560. The third kappa shape index (κ3) is 4.94. The molecule has 0 aliphatic carbocycles. The first-order valence-electron chi connectivity index (χ1n) is 11.0. The van der Waals surface area contributed by atoms with Crippen LogP contribution in [-0.2, 0) is 36.3 Å². The van der Waals surface area contributed by atoms with Gasteiger partial charge in [0.15, 0.2) is 11.2 Å². The zero-order valence-electron chi connectivity index (χ0n) is 19.3. The molecular formula is C22H25F3N6O4. The first kappa shape index (κ1) is 24.5. The summed E-state index contributed by atoms with van der Waals surface area (Å²) in [6.45, 7) is 2.08. The Kier molecular flexibility index (Phi) is 6.70. The standard InChI is InChI=1S/C22H25F3N6O4/c1-28-19-18(20(33)29(2)21(28)34)31(13-26-19)7-3-4-17(32)27-16-6-5-14(12-15(16)22(23,24)25)30-8-10-35-11-9-30/h5-6,12-13H,3-4,7-11H2,1-2H3,(H,27,32). The number of anilines is 2. The number of morpholine rings is 1. The van der Waals surface area contributed by atoms with Gasteiger partial charge >= 0.3 is 11.9 Å². The molecule has 188 valence electrons. The molecule has 3 heterocycles. The number of aryl methyl sites for hydroxylation is 2. The molecule has 2 aromatic heterocycles. The molecule has 1 aliphatic rings. The smallest absolute Gasteiger partial charge is 0.378 e. The number of hydrogen-bond acceptors (Lipinski definition) is 6. The second-order valence-corrected chi connectivity index (χ2v) is 8.29. The highest BCUT2D eigenvalue weighted by molar-refractivity contribution is 5.92. The van der Waals surface area contributed by atoms with Gasteiger partial charge in [-0.15, -0.1) is 0 Å². The number of halogens is 3. The maximum atomic E-state index is 13.7. The summed E-state index contributed by atoms with van der Waals surface area (Å²) >= 11 is 0. The highest BCUT2D eigenvalue weighted by Gasteiger charge is 2.34. The normalized spacial score (nSPS) is 14.5. The number of imidazole rings is 1. The van der Waals surface area contributed by atoms with Crippen molar-refractivity contribution in [2.75, 3.05) is 36.5 Å². The predicted molar refractivity (Wildman–Crippen MR) is 123 cm³/mol. The summed E-state index contributed by atoms with van der Waals surface area (Å²) in [5, 5.41) is 2.36. The number of carbonyl (C=O) groups is 1. The highest BCUT2D eigenvalue weighted by Crippen LogP contribution is 2.37.